The van der Waals surface area contributed by atoms with Crippen LogP contribution in [0.5, 0.6) is 5.75 Å². The predicted octanol–water partition coefficient (Wildman–Crippen LogP) is 4.70. The Morgan fingerprint density at radius 1 is 1.24 bits per heavy atom. The molecular formula is C27H40F3N3O4. The lowest BCUT2D eigenvalue weighted by Gasteiger charge is -2.38. The Kier molecular flexibility index (Phi) is 10.2. The summed E-state index contributed by atoms with van der Waals surface area (Å²) in [5.41, 5.74) is 0.430. The number of hydrogen-bond donors (Lipinski definition) is 2. The number of aliphatic hydroxyl groups excluding tert-OH is 1. The molecule has 1 fully saturated rings. The summed E-state index contributed by atoms with van der Waals surface area (Å²) in [6, 6.07) is 4.12. The largest absolute Gasteiger partial charge is 0.488 e. The number of hydrogen-bond acceptors (Lipinski definition) is 5. The molecule has 3 rings (SSSR count). The number of ether oxygens (including phenoxy) is 1. The number of likely N-dealkylation sites (N-methyl/N-ethyl adjacent to an activating group) is 1. The van der Waals surface area contributed by atoms with Gasteiger partial charge in [0.15, 0.2) is 0 Å². The summed E-state index contributed by atoms with van der Waals surface area (Å²) in [4.78, 5) is 29.4. The number of benzene rings is 1. The summed E-state index contributed by atoms with van der Waals surface area (Å²) >= 11 is 0. The number of carbonyl (C=O) groups excluding carboxylic acids is 2. The van der Waals surface area contributed by atoms with Gasteiger partial charge in [-0.05, 0) is 50.9 Å². The zero-order valence-corrected chi connectivity index (χ0v) is 22.0. The number of aliphatic hydroxyl groups is 1. The van der Waals surface area contributed by atoms with E-state index in [2.05, 4.69) is 17.3 Å². The molecule has 1 saturated carbocycles. The topological polar surface area (TPSA) is 82.1 Å². The number of alkyl halides is 3. The molecule has 0 aromatic heterocycles. The standard InChI is InChI=1S/C27H40F3N3O4/c1-18-14-33(19(2)17-34)26(36)22-13-21(31-25(35)11-12-27(28,29)30)9-10-23(22)37-24(18)16-32(3)15-20-7-5-4-6-8-20/h9-10,13,18-20,24,34H,4-8,11-12,14-17H2,1-3H3,(H,31,35)/t18-,19-,24-/m0/s1. The Morgan fingerprint density at radius 2 is 1.95 bits per heavy atom. The van der Waals surface area contributed by atoms with Gasteiger partial charge in [0.05, 0.1) is 24.6 Å². The summed E-state index contributed by atoms with van der Waals surface area (Å²) in [6.07, 6.45) is -0.250. The van der Waals surface area contributed by atoms with Crippen LogP contribution in [0, 0.1) is 11.8 Å². The molecule has 0 saturated heterocycles. The highest BCUT2D eigenvalue weighted by atomic mass is 19.4. The van der Waals surface area contributed by atoms with Gasteiger partial charge in [0, 0.05) is 37.7 Å². The molecule has 0 unspecified atom stereocenters. The van der Waals surface area contributed by atoms with Gasteiger partial charge in [0.25, 0.3) is 5.91 Å². The highest BCUT2D eigenvalue weighted by Crippen LogP contribution is 2.31. The SMILES string of the molecule is C[C@H]1CN([C@@H](C)CO)C(=O)c2cc(NC(=O)CCC(F)(F)F)ccc2O[C@H]1CN(C)CC1CCCCC1. The Bertz CT molecular complexity index is 921. The second-order valence-corrected chi connectivity index (χ2v) is 10.7. The van der Waals surface area contributed by atoms with Crippen LogP contribution in [-0.4, -0.2) is 78.3 Å². The van der Waals surface area contributed by atoms with Gasteiger partial charge < -0.3 is 25.0 Å². The van der Waals surface area contributed by atoms with Gasteiger partial charge in [-0.25, -0.2) is 0 Å². The van der Waals surface area contributed by atoms with Crippen LogP contribution in [0.25, 0.3) is 0 Å². The highest BCUT2D eigenvalue weighted by molar-refractivity contribution is 5.99. The van der Waals surface area contributed by atoms with Crippen molar-refractivity contribution in [1.29, 1.82) is 0 Å². The molecule has 37 heavy (non-hydrogen) atoms. The van der Waals surface area contributed by atoms with Gasteiger partial charge in [0.1, 0.15) is 11.9 Å². The molecule has 7 nitrogen and oxygen atoms in total. The fourth-order valence-electron chi connectivity index (χ4n) is 5.19. The molecule has 208 valence electrons. The lowest BCUT2D eigenvalue weighted by atomic mass is 9.89. The average molecular weight is 528 g/mol. The first-order valence-corrected chi connectivity index (χ1v) is 13.2. The summed E-state index contributed by atoms with van der Waals surface area (Å²) in [6.45, 7) is 5.61. The summed E-state index contributed by atoms with van der Waals surface area (Å²) in [5.74, 6) is -0.125. The van der Waals surface area contributed by atoms with Gasteiger partial charge in [-0.15, -0.1) is 0 Å². The maximum absolute atomic E-state index is 13.5. The minimum Gasteiger partial charge on any atom is -0.488 e. The smallest absolute Gasteiger partial charge is 0.389 e. The van der Waals surface area contributed by atoms with Crippen molar-refractivity contribution < 1.29 is 32.6 Å². The van der Waals surface area contributed by atoms with E-state index in [9.17, 15) is 27.9 Å². The fourth-order valence-corrected chi connectivity index (χ4v) is 5.19. The molecule has 3 atom stereocenters. The number of carbonyl (C=O) groups is 2. The van der Waals surface area contributed by atoms with Crippen LogP contribution in [-0.2, 0) is 4.79 Å². The number of nitrogens with zero attached hydrogens (tertiary/aromatic N) is 2. The van der Waals surface area contributed by atoms with Crippen molar-refractivity contribution in [2.24, 2.45) is 11.8 Å². The van der Waals surface area contributed by atoms with Gasteiger partial charge in [-0.2, -0.15) is 13.2 Å². The Balaban J connectivity index is 1.80. The van der Waals surface area contributed by atoms with E-state index < -0.39 is 31.0 Å². The second kappa shape index (κ2) is 13.0. The average Bonchev–Trinajstić information content (AvgIpc) is 2.85. The zero-order chi connectivity index (χ0) is 27.2. The molecule has 0 bridgehead atoms. The van der Waals surface area contributed by atoms with E-state index in [1.54, 1.807) is 17.9 Å². The van der Waals surface area contributed by atoms with E-state index in [1.807, 2.05) is 6.92 Å². The molecule has 2 aliphatic rings. The van der Waals surface area contributed by atoms with Crippen LogP contribution in [0.4, 0.5) is 18.9 Å². The first-order valence-electron chi connectivity index (χ1n) is 13.2. The normalized spacial score (nSPS) is 22.2. The van der Waals surface area contributed by atoms with Crippen molar-refractivity contribution in [2.75, 3.05) is 38.6 Å². The fraction of sp³-hybridized carbons (Fsp3) is 0.704. The highest BCUT2D eigenvalue weighted by Gasteiger charge is 2.34. The van der Waals surface area contributed by atoms with Crippen molar-refractivity contribution >= 4 is 17.5 Å². The first kappa shape index (κ1) is 29.2. The van der Waals surface area contributed by atoms with Gasteiger partial charge in [0.2, 0.25) is 5.91 Å². The van der Waals surface area contributed by atoms with Crippen molar-refractivity contribution in [3.63, 3.8) is 0 Å². The first-order chi connectivity index (χ1) is 17.5. The number of amides is 2. The lowest BCUT2D eigenvalue weighted by Crippen LogP contribution is -2.50. The Morgan fingerprint density at radius 3 is 2.59 bits per heavy atom. The number of rotatable bonds is 9. The number of nitrogens with one attached hydrogen (secondary N) is 1. The van der Waals surface area contributed by atoms with Crippen molar-refractivity contribution in [1.82, 2.24) is 9.80 Å². The maximum Gasteiger partial charge on any atom is 0.389 e. The van der Waals surface area contributed by atoms with Gasteiger partial charge >= 0.3 is 6.18 Å². The van der Waals surface area contributed by atoms with Crippen molar-refractivity contribution in [3.8, 4) is 5.75 Å². The molecule has 1 aromatic carbocycles. The third-order valence-electron chi connectivity index (χ3n) is 7.37. The third kappa shape index (κ3) is 8.60. The lowest BCUT2D eigenvalue weighted by molar-refractivity contribution is -0.142. The van der Waals surface area contributed by atoms with E-state index in [0.717, 1.165) is 6.54 Å². The molecule has 1 aliphatic heterocycles. The zero-order valence-electron chi connectivity index (χ0n) is 22.0. The van der Waals surface area contributed by atoms with Crippen molar-refractivity contribution in [2.45, 2.75) is 77.1 Å². The van der Waals surface area contributed by atoms with Crippen LogP contribution < -0.4 is 10.1 Å². The molecule has 2 amide bonds. The monoisotopic (exact) mass is 527 g/mol. The maximum atomic E-state index is 13.5. The minimum absolute atomic E-state index is 0.0124. The van der Waals surface area contributed by atoms with Gasteiger partial charge in [-0.1, -0.05) is 26.2 Å². The van der Waals surface area contributed by atoms with E-state index in [0.29, 0.717) is 24.8 Å². The Labute approximate surface area is 217 Å². The molecule has 1 heterocycles. The molecule has 2 N–H and O–H groups in total. The molecule has 1 aliphatic carbocycles. The van der Waals surface area contributed by atoms with E-state index in [4.69, 9.17) is 4.74 Å². The minimum atomic E-state index is -4.43. The van der Waals surface area contributed by atoms with Gasteiger partial charge in [-0.3, -0.25) is 9.59 Å². The van der Waals surface area contributed by atoms with E-state index >= 15 is 0 Å². The van der Waals surface area contributed by atoms with Crippen LogP contribution in [0.3, 0.4) is 0 Å². The number of fused-ring (bicyclic) bond motifs is 1. The predicted molar refractivity (Wildman–Crippen MR) is 136 cm³/mol. The molecule has 0 spiro atoms. The summed E-state index contributed by atoms with van der Waals surface area (Å²) < 4.78 is 43.8. The molecular weight excluding hydrogens is 487 g/mol. The second-order valence-electron chi connectivity index (χ2n) is 10.7. The molecule has 0 radical (unpaired) electrons. The van der Waals surface area contributed by atoms with Crippen LogP contribution >= 0.6 is 0 Å². The number of anilines is 1. The van der Waals surface area contributed by atoms with E-state index in [-0.39, 0.29) is 35.8 Å². The van der Waals surface area contributed by atoms with Crippen LogP contribution in [0.15, 0.2) is 18.2 Å². The summed E-state index contributed by atoms with van der Waals surface area (Å²) in [7, 11) is 2.09. The van der Waals surface area contributed by atoms with E-state index in [1.165, 1.54) is 44.2 Å². The molecule has 10 heteroatoms. The quantitative estimate of drug-likeness (QED) is 0.487. The molecule has 1 aromatic rings. The Hall–Kier alpha value is -2.33. The summed E-state index contributed by atoms with van der Waals surface area (Å²) in [5, 5.41) is 12.3. The van der Waals surface area contributed by atoms with Crippen LogP contribution in [0.1, 0.15) is 69.2 Å². The van der Waals surface area contributed by atoms with Crippen molar-refractivity contribution in [3.05, 3.63) is 23.8 Å². The third-order valence-corrected chi connectivity index (χ3v) is 7.37. The number of halogens is 3. The van der Waals surface area contributed by atoms with Crippen LogP contribution in [0.2, 0.25) is 0 Å².